The van der Waals surface area contributed by atoms with Crippen LogP contribution in [0.4, 0.5) is 0 Å². The molecule has 1 heterocycles. The largest absolute Gasteiger partial charge is 0.345 e. The maximum atomic E-state index is 12.4. The van der Waals surface area contributed by atoms with Crippen molar-refractivity contribution >= 4 is 11.8 Å². The fourth-order valence-electron chi connectivity index (χ4n) is 3.25. The van der Waals surface area contributed by atoms with Gasteiger partial charge in [0.25, 0.3) is 0 Å². The van der Waals surface area contributed by atoms with Crippen molar-refractivity contribution < 1.29 is 9.59 Å². The highest BCUT2D eigenvalue weighted by Gasteiger charge is 2.24. The number of piperidine rings is 1. The summed E-state index contributed by atoms with van der Waals surface area (Å²) in [7, 11) is 1.90. The first-order valence-corrected chi connectivity index (χ1v) is 8.51. The molecule has 23 heavy (non-hydrogen) atoms. The smallest absolute Gasteiger partial charge is 0.222 e. The van der Waals surface area contributed by atoms with Crippen LogP contribution in [0.2, 0.25) is 0 Å². The van der Waals surface area contributed by atoms with Crippen LogP contribution in [0.1, 0.15) is 44.6 Å². The van der Waals surface area contributed by atoms with Crippen LogP contribution in [0.3, 0.4) is 0 Å². The van der Waals surface area contributed by atoms with Gasteiger partial charge >= 0.3 is 0 Å². The molecule has 1 aromatic carbocycles. The fraction of sp³-hybridized carbons (Fsp3) is 0.579. The summed E-state index contributed by atoms with van der Waals surface area (Å²) in [4.78, 5) is 27.5. The zero-order valence-electron chi connectivity index (χ0n) is 14.5. The van der Waals surface area contributed by atoms with E-state index in [0.29, 0.717) is 18.3 Å². The van der Waals surface area contributed by atoms with Crippen molar-refractivity contribution in [2.45, 2.75) is 39.0 Å². The fourth-order valence-corrected chi connectivity index (χ4v) is 3.25. The van der Waals surface area contributed by atoms with Crippen LogP contribution in [0.15, 0.2) is 30.3 Å². The molecule has 0 spiro atoms. The molecule has 4 nitrogen and oxygen atoms in total. The van der Waals surface area contributed by atoms with E-state index < -0.39 is 0 Å². The average molecular weight is 316 g/mol. The van der Waals surface area contributed by atoms with Gasteiger partial charge in [0.2, 0.25) is 11.8 Å². The number of rotatable bonds is 5. The number of nitrogens with zero attached hydrogens (tertiary/aromatic N) is 2. The van der Waals surface area contributed by atoms with Gasteiger partial charge in [0.1, 0.15) is 0 Å². The zero-order chi connectivity index (χ0) is 16.8. The molecule has 2 amide bonds. The van der Waals surface area contributed by atoms with Crippen molar-refractivity contribution in [3.8, 4) is 0 Å². The van der Waals surface area contributed by atoms with Crippen LogP contribution in [-0.4, -0.2) is 48.3 Å². The van der Waals surface area contributed by atoms with Gasteiger partial charge in [-0.05, 0) is 30.2 Å². The molecule has 2 rings (SSSR count). The molecule has 0 radical (unpaired) electrons. The maximum Gasteiger partial charge on any atom is 0.222 e. The van der Waals surface area contributed by atoms with Gasteiger partial charge < -0.3 is 9.80 Å². The Hall–Kier alpha value is -1.84. The summed E-state index contributed by atoms with van der Waals surface area (Å²) in [5, 5.41) is 0. The highest BCUT2D eigenvalue weighted by molar-refractivity contribution is 5.76. The molecule has 0 N–H and O–H groups in total. The second-order valence-electron chi connectivity index (χ2n) is 6.74. The number of benzene rings is 1. The van der Waals surface area contributed by atoms with Gasteiger partial charge in [0.15, 0.2) is 0 Å². The molecular weight excluding hydrogens is 288 g/mol. The summed E-state index contributed by atoms with van der Waals surface area (Å²) in [5.41, 5.74) is 1.27. The van der Waals surface area contributed by atoms with Crippen LogP contribution >= 0.6 is 0 Å². The Morgan fingerprint density at radius 1 is 1.22 bits per heavy atom. The molecule has 0 aromatic heterocycles. The summed E-state index contributed by atoms with van der Waals surface area (Å²) in [6.45, 7) is 6.10. The SMILES string of the molecule is CC(=O)N1CCC(CC(=O)N(C)C[C@@H](C)c2ccccc2)CC1. The molecule has 0 bridgehead atoms. The van der Waals surface area contributed by atoms with Crippen molar-refractivity contribution in [2.24, 2.45) is 5.92 Å². The summed E-state index contributed by atoms with van der Waals surface area (Å²) in [6, 6.07) is 10.3. The number of carbonyl (C=O) groups is 2. The van der Waals surface area contributed by atoms with Crippen LogP contribution in [0.25, 0.3) is 0 Å². The Labute approximate surface area is 139 Å². The van der Waals surface area contributed by atoms with Crippen LogP contribution < -0.4 is 0 Å². The van der Waals surface area contributed by atoms with E-state index in [1.807, 2.05) is 35.0 Å². The lowest BCUT2D eigenvalue weighted by Crippen LogP contribution is -2.39. The second-order valence-corrected chi connectivity index (χ2v) is 6.74. The molecule has 1 aromatic rings. The number of amides is 2. The summed E-state index contributed by atoms with van der Waals surface area (Å²) in [5.74, 6) is 1.11. The van der Waals surface area contributed by atoms with E-state index in [0.717, 1.165) is 32.5 Å². The Kier molecular flexibility index (Phi) is 6.20. The molecule has 1 atom stereocenters. The van der Waals surface area contributed by atoms with E-state index >= 15 is 0 Å². The molecule has 1 aliphatic heterocycles. The molecule has 0 unspecified atom stereocenters. The lowest BCUT2D eigenvalue weighted by atomic mass is 9.92. The standard InChI is InChI=1S/C19H28N2O2/c1-15(18-7-5-4-6-8-18)14-20(3)19(23)13-17-9-11-21(12-10-17)16(2)22/h4-8,15,17H,9-14H2,1-3H3/t15-/m1/s1. The third-order valence-electron chi connectivity index (χ3n) is 4.87. The molecule has 126 valence electrons. The van der Waals surface area contributed by atoms with Gasteiger partial charge in [-0.1, -0.05) is 37.3 Å². The number of likely N-dealkylation sites (tertiary alicyclic amines) is 1. The first-order valence-electron chi connectivity index (χ1n) is 8.51. The van der Waals surface area contributed by atoms with Crippen molar-refractivity contribution in [1.82, 2.24) is 9.80 Å². The van der Waals surface area contributed by atoms with Crippen molar-refractivity contribution in [2.75, 3.05) is 26.7 Å². The third-order valence-corrected chi connectivity index (χ3v) is 4.87. The quantitative estimate of drug-likeness (QED) is 0.838. The monoisotopic (exact) mass is 316 g/mol. The predicted octanol–water partition coefficient (Wildman–Crippen LogP) is 2.90. The van der Waals surface area contributed by atoms with E-state index in [-0.39, 0.29) is 11.8 Å². The Morgan fingerprint density at radius 2 is 1.83 bits per heavy atom. The molecule has 4 heteroatoms. The van der Waals surface area contributed by atoms with Gasteiger partial charge in [-0.25, -0.2) is 0 Å². The first-order chi connectivity index (χ1) is 11.0. The van der Waals surface area contributed by atoms with Gasteiger partial charge in [-0.2, -0.15) is 0 Å². The topological polar surface area (TPSA) is 40.6 Å². The van der Waals surface area contributed by atoms with Gasteiger partial charge in [0.05, 0.1) is 0 Å². The molecular formula is C19H28N2O2. The van der Waals surface area contributed by atoms with Crippen LogP contribution in [-0.2, 0) is 9.59 Å². The van der Waals surface area contributed by atoms with E-state index in [1.54, 1.807) is 6.92 Å². The van der Waals surface area contributed by atoms with Gasteiger partial charge in [0, 0.05) is 40.0 Å². The minimum atomic E-state index is 0.142. The molecule has 1 fully saturated rings. The summed E-state index contributed by atoms with van der Waals surface area (Å²) >= 11 is 0. The number of hydrogen-bond acceptors (Lipinski definition) is 2. The first kappa shape index (κ1) is 17.5. The number of carbonyl (C=O) groups excluding carboxylic acids is 2. The third kappa shape index (κ3) is 5.08. The highest BCUT2D eigenvalue weighted by Crippen LogP contribution is 2.22. The second kappa shape index (κ2) is 8.14. The minimum Gasteiger partial charge on any atom is -0.345 e. The normalized spacial score (nSPS) is 16.9. The number of likely N-dealkylation sites (N-methyl/N-ethyl adjacent to an activating group) is 1. The van der Waals surface area contributed by atoms with E-state index in [9.17, 15) is 9.59 Å². The van der Waals surface area contributed by atoms with Crippen molar-refractivity contribution in [3.05, 3.63) is 35.9 Å². The number of hydrogen-bond donors (Lipinski definition) is 0. The lowest BCUT2D eigenvalue weighted by Gasteiger charge is -2.32. The van der Waals surface area contributed by atoms with E-state index in [4.69, 9.17) is 0 Å². The van der Waals surface area contributed by atoms with Gasteiger partial charge in [-0.15, -0.1) is 0 Å². The Morgan fingerprint density at radius 3 is 2.39 bits per heavy atom. The van der Waals surface area contributed by atoms with Crippen molar-refractivity contribution in [3.63, 3.8) is 0 Å². The zero-order valence-corrected chi connectivity index (χ0v) is 14.5. The van der Waals surface area contributed by atoms with Crippen LogP contribution in [0, 0.1) is 5.92 Å². The van der Waals surface area contributed by atoms with Crippen LogP contribution in [0.5, 0.6) is 0 Å². The Bertz CT molecular complexity index is 521. The van der Waals surface area contributed by atoms with Gasteiger partial charge in [-0.3, -0.25) is 9.59 Å². The molecule has 1 aliphatic rings. The summed E-state index contributed by atoms with van der Waals surface area (Å²) in [6.07, 6.45) is 2.48. The Balaban J connectivity index is 1.78. The van der Waals surface area contributed by atoms with E-state index in [2.05, 4.69) is 19.1 Å². The lowest BCUT2D eigenvalue weighted by molar-refractivity contribution is -0.132. The van der Waals surface area contributed by atoms with Crippen molar-refractivity contribution in [1.29, 1.82) is 0 Å². The predicted molar refractivity (Wildman–Crippen MR) is 92.1 cm³/mol. The maximum absolute atomic E-state index is 12.4. The van der Waals surface area contributed by atoms with E-state index in [1.165, 1.54) is 5.56 Å². The molecule has 0 aliphatic carbocycles. The molecule has 0 saturated carbocycles. The minimum absolute atomic E-state index is 0.142. The highest BCUT2D eigenvalue weighted by atomic mass is 16.2. The summed E-state index contributed by atoms with van der Waals surface area (Å²) < 4.78 is 0. The molecule has 1 saturated heterocycles. The average Bonchev–Trinajstić information content (AvgIpc) is 2.56.